The standard InChI is InChI=1S/C15H21ClFN/c1-11(2)12-6-8-18(9-7-12)15-13(10-16)4-3-5-14(15)17/h3-5,11-12H,6-10H2,1-2H3. The third kappa shape index (κ3) is 2.80. The van der Waals surface area contributed by atoms with Gasteiger partial charge in [0.25, 0.3) is 0 Å². The van der Waals surface area contributed by atoms with Gasteiger partial charge in [0.2, 0.25) is 0 Å². The quantitative estimate of drug-likeness (QED) is 0.734. The number of alkyl halides is 1. The summed E-state index contributed by atoms with van der Waals surface area (Å²) >= 11 is 5.91. The van der Waals surface area contributed by atoms with Gasteiger partial charge >= 0.3 is 0 Å². The highest BCUT2D eigenvalue weighted by Gasteiger charge is 2.24. The van der Waals surface area contributed by atoms with Gasteiger partial charge in [-0.05, 0) is 36.3 Å². The lowest BCUT2D eigenvalue weighted by atomic mass is 9.86. The molecular weight excluding hydrogens is 249 g/mol. The lowest BCUT2D eigenvalue weighted by Gasteiger charge is -2.36. The van der Waals surface area contributed by atoms with Crippen LogP contribution in [-0.2, 0) is 5.88 Å². The average molecular weight is 270 g/mol. The third-order valence-corrected chi connectivity index (χ3v) is 4.30. The van der Waals surface area contributed by atoms with Crippen molar-refractivity contribution in [3.8, 4) is 0 Å². The minimum Gasteiger partial charge on any atom is -0.369 e. The van der Waals surface area contributed by atoms with Crippen molar-refractivity contribution in [2.24, 2.45) is 11.8 Å². The van der Waals surface area contributed by atoms with E-state index < -0.39 is 0 Å². The van der Waals surface area contributed by atoms with E-state index in [-0.39, 0.29) is 5.82 Å². The molecule has 0 spiro atoms. The van der Waals surface area contributed by atoms with Gasteiger partial charge in [0.05, 0.1) is 5.69 Å². The van der Waals surface area contributed by atoms with Crippen LogP contribution in [0.4, 0.5) is 10.1 Å². The van der Waals surface area contributed by atoms with Crippen LogP contribution in [0.5, 0.6) is 0 Å². The summed E-state index contributed by atoms with van der Waals surface area (Å²) in [7, 11) is 0. The highest BCUT2D eigenvalue weighted by atomic mass is 35.5. The molecule has 0 atom stereocenters. The van der Waals surface area contributed by atoms with Crippen LogP contribution in [0.3, 0.4) is 0 Å². The second-order valence-corrected chi connectivity index (χ2v) is 5.72. The Hall–Kier alpha value is -0.760. The Morgan fingerprint density at radius 3 is 2.56 bits per heavy atom. The van der Waals surface area contributed by atoms with Crippen molar-refractivity contribution in [2.45, 2.75) is 32.6 Å². The molecule has 0 aliphatic carbocycles. The molecule has 0 amide bonds. The van der Waals surface area contributed by atoms with Crippen LogP contribution in [0, 0.1) is 17.7 Å². The maximum absolute atomic E-state index is 14.0. The summed E-state index contributed by atoms with van der Waals surface area (Å²) in [5, 5.41) is 0. The molecule has 1 saturated heterocycles. The van der Waals surface area contributed by atoms with Crippen molar-refractivity contribution in [2.75, 3.05) is 18.0 Å². The molecule has 1 aromatic carbocycles. The van der Waals surface area contributed by atoms with Crippen LogP contribution in [0.15, 0.2) is 18.2 Å². The van der Waals surface area contributed by atoms with Gasteiger partial charge in [0, 0.05) is 19.0 Å². The molecule has 0 saturated carbocycles. The van der Waals surface area contributed by atoms with E-state index in [0.717, 1.165) is 49.0 Å². The Morgan fingerprint density at radius 1 is 1.33 bits per heavy atom. The molecule has 0 radical (unpaired) electrons. The third-order valence-electron chi connectivity index (χ3n) is 4.01. The predicted molar refractivity (Wildman–Crippen MR) is 75.7 cm³/mol. The fourth-order valence-corrected chi connectivity index (χ4v) is 3.03. The lowest BCUT2D eigenvalue weighted by Crippen LogP contribution is -2.36. The SMILES string of the molecule is CC(C)C1CCN(c2c(F)cccc2CCl)CC1. The van der Waals surface area contributed by atoms with E-state index in [1.165, 1.54) is 6.07 Å². The Bertz CT molecular complexity index is 397. The maximum atomic E-state index is 14.0. The zero-order valence-electron chi connectivity index (χ0n) is 11.1. The van der Waals surface area contributed by atoms with Gasteiger partial charge in [-0.2, -0.15) is 0 Å². The molecule has 18 heavy (non-hydrogen) atoms. The summed E-state index contributed by atoms with van der Waals surface area (Å²) < 4.78 is 14.0. The molecule has 0 aromatic heterocycles. The number of nitrogens with zero attached hydrogens (tertiary/aromatic N) is 1. The van der Waals surface area contributed by atoms with Gasteiger partial charge in [0.1, 0.15) is 5.82 Å². The number of para-hydroxylation sites is 1. The number of hydrogen-bond donors (Lipinski definition) is 0. The molecule has 2 rings (SSSR count). The van der Waals surface area contributed by atoms with Gasteiger partial charge in [-0.15, -0.1) is 11.6 Å². The Morgan fingerprint density at radius 2 is 2.00 bits per heavy atom. The molecule has 1 aliphatic rings. The highest BCUT2D eigenvalue weighted by Crippen LogP contribution is 2.32. The van der Waals surface area contributed by atoms with Crippen molar-refractivity contribution < 1.29 is 4.39 Å². The largest absolute Gasteiger partial charge is 0.369 e. The summed E-state index contributed by atoms with van der Waals surface area (Å²) in [6.07, 6.45) is 2.29. The molecule has 1 nitrogen and oxygen atoms in total. The van der Waals surface area contributed by atoms with Gasteiger partial charge in [-0.3, -0.25) is 0 Å². The van der Waals surface area contributed by atoms with E-state index in [9.17, 15) is 4.39 Å². The van der Waals surface area contributed by atoms with Crippen molar-refractivity contribution in [1.29, 1.82) is 0 Å². The summed E-state index contributed by atoms with van der Waals surface area (Å²) in [5.74, 6) is 1.72. The van der Waals surface area contributed by atoms with Crippen LogP contribution >= 0.6 is 11.6 Å². The molecule has 100 valence electrons. The molecule has 1 aliphatic heterocycles. The van der Waals surface area contributed by atoms with E-state index in [4.69, 9.17) is 11.6 Å². The van der Waals surface area contributed by atoms with Crippen molar-refractivity contribution >= 4 is 17.3 Å². The number of piperidine rings is 1. The van der Waals surface area contributed by atoms with Crippen LogP contribution in [-0.4, -0.2) is 13.1 Å². The van der Waals surface area contributed by atoms with Gasteiger partial charge < -0.3 is 4.90 Å². The minimum atomic E-state index is -0.142. The number of halogens is 2. The zero-order chi connectivity index (χ0) is 13.1. The summed E-state index contributed by atoms with van der Waals surface area (Å²) in [5.41, 5.74) is 1.62. The van der Waals surface area contributed by atoms with E-state index in [0.29, 0.717) is 5.88 Å². The van der Waals surface area contributed by atoms with Gasteiger partial charge in [0.15, 0.2) is 0 Å². The van der Waals surface area contributed by atoms with E-state index in [1.54, 1.807) is 6.07 Å². The molecule has 1 aromatic rings. The van der Waals surface area contributed by atoms with Gasteiger partial charge in [-0.25, -0.2) is 4.39 Å². The van der Waals surface area contributed by atoms with E-state index in [2.05, 4.69) is 18.7 Å². The first kappa shape index (κ1) is 13.7. The molecule has 0 bridgehead atoms. The smallest absolute Gasteiger partial charge is 0.146 e. The first-order chi connectivity index (χ1) is 8.63. The van der Waals surface area contributed by atoms with Crippen LogP contribution in [0.2, 0.25) is 0 Å². The second kappa shape index (κ2) is 5.92. The normalized spacial score (nSPS) is 17.5. The zero-order valence-corrected chi connectivity index (χ0v) is 11.9. The predicted octanol–water partition coefficient (Wildman–Crippen LogP) is 4.44. The molecule has 3 heteroatoms. The highest BCUT2D eigenvalue weighted by molar-refractivity contribution is 6.17. The second-order valence-electron chi connectivity index (χ2n) is 5.45. The molecule has 0 N–H and O–H groups in total. The Balaban J connectivity index is 2.14. The first-order valence-corrected chi connectivity index (χ1v) is 7.25. The fourth-order valence-electron chi connectivity index (χ4n) is 2.81. The Labute approximate surface area is 114 Å². The number of hydrogen-bond acceptors (Lipinski definition) is 1. The number of rotatable bonds is 3. The minimum absolute atomic E-state index is 0.142. The van der Waals surface area contributed by atoms with Crippen molar-refractivity contribution in [3.05, 3.63) is 29.6 Å². The lowest BCUT2D eigenvalue weighted by molar-refractivity contribution is 0.310. The number of anilines is 1. The van der Waals surface area contributed by atoms with Crippen LogP contribution in [0.25, 0.3) is 0 Å². The van der Waals surface area contributed by atoms with E-state index in [1.807, 2.05) is 6.07 Å². The number of benzene rings is 1. The first-order valence-electron chi connectivity index (χ1n) is 6.71. The topological polar surface area (TPSA) is 3.24 Å². The average Bonchev–Trinajstić information content (AvgIpc) is 2.38. The van der Waals surface area contributed by atoms with Crippen LogP contribution < -0.4 is 4.90 Å². The molecular formula is C15H21ClFN. The maximum Gasteiger partial charge on any atom is 0.146 e. The van der Waals surface area contributed by atoms with Crippen molar-refractivity contribution in [3.63, 3.8) is 0 Å². The van der Waals surface area contributed by atoms with E-state index >= 15 is 0 Å². The summed E-state index contributed by atoms with van der Waals surface area (Å²) in [6, 6.07) is 5.18. The summed E-state index contributed by atoms with van der Waals surface area (Å²) in [4.78, 5) is 2.16. The van der Waals surface area contributed by atoms with Gasteiger partial charge in [-0.1, -0.05) is 26.0 Å². The summed E-state index contributed by atoms with van der Waals surface area (Å²) in [6.45, 7) is 6.42. The molecule has 1 fully saturated rings. The Kier molecular flexibility index (Phi) is 4.50. The van der Waals surface area contributed by atoms with Crippen molar-refractivity contribution in [1.82, 2.24) is 0 Å². The van der Waals surface area contributed by atoms with Crippen LogP contribution in [0.1, 0.15) is 32.3 Å². The fraction of sp³-hybridized carbons (Fsp3) is 0.600. The molecule has 0 unspecified atom stereocenters. The molecule has 1 heterocycles. The monoisotopic (exact) mass is 269 g/mol.